The highest BCUT2D eigenvalue weighted by atomic mass is 15.2. The Hall–Kier alpha value is -0.860. The first-order valence-corrected chi connectivity index (χ1v) is 8.26. The predicted octanol–water partition coefficient (Wildman–Crippen LogP) is 3.63. The highest BCUT2D eigenvalue weighted by Crippen LogP contribution is 2.29. The lowest BCUT2D eigenvalue weighted by molar-refractivity contribution is 0.119. The van der Waals surface area contributed by atoms with Crippen LogP contribution in [0.3, 0.4) is 0 Å². The monoisotopic (exact) mass is 274 g/mol. The summed E-state index contributed by atoms with van der Waals surface area (Å²) in [6, 6.07) is 9.88. The van der Waals surface area contributed by atoms with Gasteiger partial charge in [0.15, 0.2) is 0 Å². The molecule has 0 bridgehead atoms. The number of benzene rings is 1. The molecule has 112 valence electrons. The van der Waals surface area contributed by atoms with Gasteiger partial charge < -0.3 is 5.32 Å². The number of rotatable bonds is 6. The molecule has 1 fully saturated rings. The summed E-state index contributed by atoms with van der Waals surface area (Å²) in [7, 11) is 2.07. The van der Waals surface area contributed by atoms with Crippen LogP contribution in [0.1, 0.15) is 50.3 Å². The summed E-state index contributed by atoms with van der Waals surface area (Å²) in [4.78, 5) is 2.70. The molecule has 1 heterocycles. The minimum Gasteiger partial charge on any atom is -0.319 e. The van der Waals surface area contributed by atoms with E-state index in [2.05, 4.69) is 55.4 Å². The van der Waals surface area contributed by atoms with Crippen LogP contribution in [0, 0.1) is 5.92 Å². The molecule has 2 unspecified atom stereocenters. The average molecular weight is 274 g/mol. The molecule has 0 aliphatic carbocycles. The van der Waals surface area contributed by atoms with Gasteiger partial charge in [-0.25, -0.2) is 0 Å². The van der Waals surface area contributed by atoms with Gasteiger partial charge in [-0.2, -0.15) is 0 Å². The number of aryl methyl sites for hydroxylation is 1. The summed E-state index contributed by atoms with van der Waals surface area (Å²) in [6.45, 7) is 8.20. The smallest absolute Gasteiger partial charge is 0.0345 e. The van der Waals surface area contributed by atoms with Gasteiger partial charge in [-0.1, -0.05) is 38.1 Å². The molecule has 2 nitrogen and oxygen atoms in total. The van der Waals surface area contributed by atoms with E-state index in [1.807, 2.05) is 0 Å². The fourth-order valence-corrected chi connectivity index (χ4v) is 3.52. The van der Waals surface area contributed by atoms with Crippen LogP contribution in [0.2, 0.25) is 0 Å². The largest absolute Gasteiger partial charge is 0.319 e. The van der Waals surface area contributed by atoms with Crippen molar-refractivity contribution in [1.82, 2.24) is 10.2 Å². The van der Waals surface area contributed by atoms with Gasteiger partial charge in [-0.05, 0) is 62.9 Å². The molecule has 1 aliphatic heterocycles. The Labute approximate surface area is 124 Å². The first kappa shape index (κ1) is 15.5. The van der Waals surface area contributed by atoms with Crippen LogP contribution in [0.5, 0.6) is 0 Å². The second kappa shape index (κ2) is 7.80. The molecular formula is C18H30N2. The molecule has 20 heavy (non-hydrogen) atoms. The fourth-order valence-electron chi connectivity index (χ4n) is 3.52. The summed E-state index contributed by atoms with van der Waals surface area (Å²) in [5.41, 5.74) is 2.94. The van der Waals surface area contributed by atoms with Gasteiger partial charge in [0.25, 0.3) is 0 Å². The zero-order valence-electron chi connectivity index (χ0n) is 13.4. The van der Waals surface area contributed by atoms with Crippen molar-refractivity contribution in [3.05, 3.63) is 35.4 Å². The summed E-state index contributed by atoms with van der Waals surface area (Å²) < 4.78 is 0. The molecular weight excluding hydrogens is 244 g/mol. The average Bonchev–Trinajstić information content (AvgIpc) is 2.49. The number of likely N-dealkylation sites (tertiary alicyclic amines) is 1. The van der Waals surface area contributed by atoms with Crippen molar-refractivity contribution in [1.29, 1.82) is 0 Å². The standard InChI is InChI=1S/C18H30N2/c1-4-15-8-10-17(11-9-15)18(5-2)20-12-6-7-16(14-20)13-19-3/h8-11,16,18-19H,4-7,12-14H2,1-3H3. The first-order valence-electron chi connectivity index (χ1n) is 8.26. The van der Waals surface area contributed by atoms with E-state index in [4.69, 9.17) is 0 Å². The van der Waals surface area contributed by atoms with E-state index < -0.39 is 0 Å². The second-order valence-electron chi connectivity index (χ2n) is 6.08. The van der Waals surface area contributed by atoms with Crippen LogP contribution in [0.15, 0.2) is 24.3 Å². The molecule has 0 saturated carbocycles. The van der Waals surface area contributed by atoms with Crippen molar-refractivity contribution in [2.75, 3.05) is 26.7 Å². The minimum atomic E-state index is 0.598. The van der Waals surface area contributed by atoms with Crippen molar-refractivity contribution in [3.63, 3.8) is 0 Å². The highest BCUT2D eigenvalue weighted by molar-refractivity contribution is 5.25. The van der Waals surface area contributed by atoms with Gasteiger partial charge in [0, 0.05) is 12.6 Å². The lowest BCUT2D eigenvalue weighted by atomic mass is 9.93. The van der Waals surface area contributed by atoms with Crippen molar-refractivity contribution < 1.29 is 0 Å². The Kier molecular flexibility index (Phi) is 6.06. The van der Waals surface area contributed by atoms with Crippen molar-refractivity contribution >= 4 is 0 Å². The fraction of sp³-hybridized carbons (Fsp3) is 0.667. The van der Waals surface area contributed by atoms with Crippen LogP contribution >= 0.6 is 0 Å². The van der Waals surface area contributed by atoms with E-state index in [-0.39, 0.29) is 0 Å². The summed E-state index contributed by atoms with van der Waals surface area (Å²) in [5, 5.41) is 3.34. The lowest BCUT2D eigenvalue weighted by Gasteiger charge is -2.38. The van der Waals surface area contributed by atoms with Gasteiger partial charge in [-0.3, -0.25) is 4.90 Å². The molecule has 1 aromatic carbocycles. The van der Waals surface area contributed by atoms with Crippen LogP contribution in [-0.2, 0) is 6.42 Å². The molecule has 1 saturated heterocycles. The molecule has 2 heteroatoms. The zero-order chi connectivity index (χ0) is 14.4. The van der Waals surface area contributed by atoms with Gasteiger partial charge >= 0.3 is 0 Å². The van der Waals surface area contributed by atoms with Crippen LogP contribution in [0.4, 0.5) is 0 Å². The van der Waals surface area contributed by atoms with Gasteiger partial charge in [0.2, 0.25) is 0 Å². The quantitative estimate of drug-likeness (QED) is 0.852. The zero-order valence-corrected chi connectivity index (χ0v) is 13.4. The first-order chi connectivity index (χ1) is 9.78. The van der Waals surface area contributed by atoms with Crippen molar-refractivity contribution in [2.45, 2.75) is 45.6 Å². The third kappa shape index (κ3) is 3.83. The molecule has 1 aromatic rings. The van der Waals surface area contributed by atoms with E-state index in [9.17, 15) is 0 Å². The number of hydrogen-bond acceptors (Lipinski definition) is 2. The van der Waals surface area contributed by atoms with Crippen molar-refractivity contribution in [3.8, 4) is 0 Å². The van der Waals surface area contributed by atoms with E-state index in [1.54, 1.807) is 0 Å². The Morgan fingerprint density at radius 1 is 1.25 bits per heavy atom. The summed E-state index contributed by atoms with van der Waals surface area (Å²) >= 11 is 0. The minimum absolute atomic E-state index is 0.598. The Bertz CT molecular complexity index is 383. The third-order valence-corrected chi connectivity index (χ3v) is 4.64. The Morgan fingerprint density at radius 2 is 2.00 bits per heavy atom. The maximum absolute atomic E-state index is 3.34. The number of nitrogens with zero attached hydrogens (tertiary/aromatic N) is 1. The molecule has 0 radical (unpaired) electrons. The third-order valence-electron chi connectivity index (χ3n) is 4.64. The summed E-state index contributed by atoms with van der Waals surface area (Å²) in [5.74, 6) is 0.817. The van der Waals surface area contributed by atoms with Gasteiger partial charge in [-0.15, -0.1) is 0 Å². The maximum Gasteiger partial charge on any atom is 0.0345 e. The van der Waals surface area contributed by atoms with Gasteiger partial charge in [0.1, 0.15) is 0 Å². The number of hydrogen-bond donors (Lipinski definition) is 1. The van der Waals surface area contributed by atoms with E-state index >= 15 is 0 Å². The normalized spacial score (nSPS) is 21.9. The van der Waals surface area contributed by atoms with E-state index in [0.717, 1.165) is 18.9 Å². The van der Waals surface area contributed by atoms with Crippen LogP contribution in [0.25, 0.3) is 0 Å². The highest BCUT2D eigenvalue weighted by Gasteiger charge is 2.25. The molecule has 2 atom stereocenters. The second-order valence-corrected chi connectivity index (χ2v) is 6.08. The molecule has 0 spiro atoms. The van der Waals surface area contributed by atoms with Gasteiger partial charge in [0.05, 0.1) is 0 Å². The lowest BCUT2D eigenvalue weighted by Crippen LogP contribution is -2.41. The molecule has 2 rings (SSSR count). The number of nitrogens with one attached hydrogen (secondary N) is 1. The van der Waals surface area contributed by atoms with E-state index in [0.29, 0.717) is 6.04 Å². The summed E-state index contributed by atoms with van der Waals surface area (Å²) in [6.07, 6.45) is 5.06. The van der Waals surface area contributed by atoms with Crippen molar-refractivity contribution in [2.24, 2.45) is 5.92 Å². The molecule has 1 N–H and O–H groups in total. The predicted molar refractivity (Wildman–Crippen MR) is 87.1 cm³/mol. The SMILES string of the molecule is CCc1ccc(C(CC)N2CCCC(CNC)C2)cc1. The van der Waals surface area contributed by atoms with Crippen LogP contribution in [-0.4, -0.2) is 31.6 Å². The van der Waals surface area contributed by atoms with E-state index in [1.165, 1.54) is 43.5 Å². The number of piperidine rings is 1. The molecule has 0 aromatic heterocycles. The maximum atomic E-state index is 3.34. The molecule has 0 amide bonds. The van der Waals surface area contributed by atoms with Crippen LogP contribution < -0.4 is 5.32 Å². The topological polar surface area (TPSA) is 15.3 Å². The Morgan fingerprint density at radius 3 is 2.60 bits per heavy atom. The Balaban J connectivity index is 2.06. The molecule has 1 aliphatic rings.